The Morgan fingerprint density at radius 1 is 1.42 bits per heavy atom. The molecular formula is C19H18ClFN4O. The Kier molecular flexibility index (Phi) is 4.02. The second-order valence-electron chi connectivity index (χ2n) is 6.81. The van der Waals surface area contributed by atoms with E-state index >= 15 is 0 Å². The van der Waals surface area contributed by atoms with Gasteiger partial charge in [0.25, 0.3) is 0 Å². The molecule has 0 aliphatic carbocycles. The summed E-state index contributed by atoms with van der Waals surface area (Å²) in [6.07, 6.45) is 2.82. The van der Waals surface area contributed by atoms with E-state index in [0.29, 0.717) is 17.2 Å². The zero-order valence-electron chi connectivity index (χ0n) is 14.5. The zero-order valence-corrected chi connectivity index (χ0v) is 15.3. The third-order valence-corrected chi connectivity index (χ3v) is 5.83. The lowest BCUT2D eigenvalue weighted by atomic mass is 9.87. The molecule has 26 heavy (non-hydrogen) atoms. The van der Waals surface area contributed by atoms with Crippen LogP contribution in [-0.4, -0.2) is 30.1 Å². The van der Waals surface area contributed by atoms with Gasteiger partial charge in [-0.05, 0) is 37.6 Å². The minimum absolute atomic E-state index is 0.0112. The molecule has 2 aromatic rings. The highest BCUT2D eigenvalue weighted by Gasteiger charge is 2.41. The molecule has 2 aliphatic heterocycles. The number of nitrogens with zero attached hydrogens (tertiary/aromatic N) is 3. The third-order valence-electron chi connectivity index (χ3n) is 5.55. The molecule has 1 saturated heterocycles. The van der Waals surface area contributed by atoms with Crippen LogP contribution < -0.4 is 10.5 Å². The molecule has 3 heterocycles. The number of hydrogen-bond donors (Lipinski definition) is 1. The van der Waals surface area contributed by atoms with Crippen LogP contribution in [0, 0.1) is 17.1 Å². The second kappa shape index (κ2) is 6.11. The highest BCUT2D eigenvalue weighted by atomic mass is 35.5. The van der Waals surface area contributed by atoms with E-state index in [1.165, 1.54) is 13.2 Å². The van der Waals surface area contributed by atoms with Crippen LogP contribution in [-0.2, 0) is 6.42 Å². The number of aromatic nitrogens is 1. The normalized spacial score (nSPS) is 21.3. The summed E-state index contributed by atoms with van der Waals surface area (Å²) in [6, 6.07) is 5.69. The summed E-state index contributed by atoms with van der Waals surface area (Å²) in [6.45, 7) is 0. The van der Waals surface area contributed by atoms with E-state index in [1.54, 1.807) is 6.07 Å². The SMILES string of the molecule is COc1c(F)cc(-c2c(C#N)c(N)nc3c2[C@H]2CC[C@@H](C3)N2C)cc1Cl. The fraction of sp³-hybridized carbons (Fsp3) is 0.368. The fourth-order valence-corrected chi connectivity index (χ4v) is 4.61. The largest absolute Gasteiger partial charge is 0.492 e. The lowest BCUT2D eigenvalue weighted by Gasteiger charge is -2.34. The number of nitrogen functional groups attached to an aromatic ring is 1. The molecule has 2 N–H and O–H groups in total. The van der Waals surface area contributed by atoms with E-state index in [2.05, 4.69) is 23.0 Å². The van der Waals surface area contributed by atoms with Gasteiger partial charge in [0, 0.05) is 35.3 Å². The van der Waals surface area contributed by atoms with Gasteiger partial charge in [0.1, 0.15) is 17.5 Å². The number of ether oxygens (including phenoxy) is 1. The first-order valence-corrected chi connectivity index (χ1v) is 8.81. The van der Waals surface area contributed by atoms with Gasteiger partial charge in [-0.3, -0.25) is 4.90 Å². The van der Waals surface area contributed by atoms with Crippen molar-refractivity contribution in [3.05, 3.63) is 39.8 Å². The van der Waals surface area contributed by atoms with Crippen molar-refractivity contribution >= 4 is 17.4 Å². The third kappa shape index (κ3) is 2.35. The first kappa shape index (κ1) is 17.1. The Bertz CT molecular complexity index is 933. The van der Waals surface area contributed by atoms with Crippen molar-refractivity contribution in [2.75, 3.05) is 19.9 Å². The summed E-state index contributed by atoms with van der Waals surface area (Å²) in [5, 5.41) is 9.86. The fourth-order valence-electron chi connectivity index (χ4n) is 4.32. The number of hydrogen-bond acceptors (Lipinski definition) is 5. The molecule has 2 bridgehead atoms. The molecule has 0 radical (unpaired) electrons. The standard InChI is InChI=1S/C19H18ClFN4O/c1-25-10-3-4-15(25)17-14(7-10)24-19(23)11(8-22)16(17)9-5-12(20)18(26-2)13(21)6-9/h5-6,10,15H,3-4,7H2,1-2H3,(H2,23,24)/t10-,15+/m0/s1. The lowest BCUT2D eigenvalue weighted by Crippen LogP contribution is -2.35. The number of rotatable bonds is 2. The molecule has 2 atom stereocenters. The Morgan fingerprint density at radius 2 is 2.19 bits per heavy atom. The van der Waals surface area contributed by atoms with Gasteiger partial charge in [-0.2, -0.15) is 5.26 Å². The van der Waals surface area contributed by atoms with Gasteiger partial charge < -0.3 is 10.5 Å². The first-order chi connectivity index (χ1) is 12.5. The van der Waals surface area contributed by atoms with Gasteiger partial charge in [-0.1, -0.05) is 11.6 Å². The van der Waals surface area contributed by atoms with Gasteiger partial charge in [-0.15, -0.1) is 0 Å². The van der Waals surface area contributed by atoms with Crippen LogP contribution in [0.5, 0.6) is 5.75 Å². The highest BCUT2D eigenvalue weighted by molar-refractivity contribution is 6.32. The molecule has 4 rings (SSSR count). The summed E-state index contributed by atoms with van der Waals surface area (Å²) >= 11 is 6.21. The van der Waals surface area contributed by atoms with Crippen LogP contribution in [0.4, 0.5) is 10.2 Å². The van der Waals surface area contributed by atoms with Crippen molar-refractivity contribution in [3.8, 4) is 22.9 Å². The number of anilines is 1. The van der Waals surface area contributed by atoms with E-state index in [1.807, 2.05) is 0 Å². The smallest absolute Gasteiger partial charge is 0.173 e. The summed E-state index contributed by atoms with van der Waals surface area (Å²) < 4.78 is 19.5. The quantitative estimate of drug-likeness (QED) is 0.870. The number of pyridine rings is 1. The number of methoxy groups -OCH3 is 1. The minimum Gasteiger partial charge on any atom is -0.492 e. The number of halogens is 2. The molecule has 1 aromatic heterocycles. The van der Waals surface area contributed by atoms with Crippen molar-refractivity contribution in [1.82, 2.24) is 9.88 Å². The predicted molar refractivity (Wildman–Crippen MR) is 97.6 cm³/mol. The molecule has 0 unspecified atom stereocenters. The summed E-state index contributed by atoms with van der Waals surface area (Å²) in [7, 11) is 3.45. The van der Waals surface area contributed by atoms with Crippen molar-refractivity contribution in [2.45, 2.75) is 31.3 Å². The molecule has 5 nitrogen and oxygen atoms in total. The van der Waals surface area contributed by atoms with Gasteiger partial charge in [0.2, 0.25) is 0 Å². The lowest BCUT2D eigenvalue weighted by molar-refractivity contribution is 0.222. The van der Waals surface area contributed by atoms with Crippen molar-refractivity contribution in [3.63, 3.8) is 0 Å². The van der Waals surface area contributed by atoms with Gasteiger partial charge in [0.05, 0.1) is 12.1 Å². The van der Waals surface area contributed by atoms with E-state index in [0.717, 1.165) is 30.5 Å². The van der Waals surface area contributed by atoms with Crippen LogP contribution in [0.15, 0.2) is 12.1 Å². The van der Waals surface area contributed by atoms with Crippen LogP contribution in [0.2, 0.25) is 5.02 Å². The highest BCUT2D eigenvalue weighted by Crippen LogP contribution is 2.48. The van der Waals surface area contributed by atoms with Gasteiger partial charge in [0.15, 0.2) is 11.6 Å². The Hall–Kier alpha value is -2.36. The molecule has 0 amide bonds. The van der Waals surface area contributed by atoms with Crippen molar-refractivity contribution < 1.29 is 9.13 Å². The average molecular weight is 373 g/mol. The maximum absolute atomic E-state index is 14.5. The minimum atomic E-state index is -0.573. The average Bonchev–Trinajstić information content (AvgIpc) is 2.84. The van der Waals surface area contributed by atoms with Crippen LogP contribution >= 0.6 is 11.6 Å². The van der Waals surface area contributed by atoms with Crippen molar-refractivity contribution in [2.24, 2.45) is 0 Å². The maximum Gasteiger partial charge on any atom is 0.173 e. The number of nitrogens with two attached hydrogens (primary N) is 1. The van der Waals surface area contributed by atoms with E-state index < -0.39 is 5.82 Å². The molecule has 1 aromatic carbocycles. The molecule has 134 valence electrons. The van der Waals surface area contributed by atoms with Crippen LogP contribution in [0.3, 0.4) is 0 Å². The van der Waals surface area contributed by atoms with Gasteiger partial charge >= 0.3 is 0 Å². The Balaban J connectivity index is 2.03. The van der Waals surface area contributed by atoms with Crippen LogP contribution in [0.1, 0.15) is 35.7 Å². The number of benzene rings is 1. The molecule has 7 heteroatoms. The van der Waals surface area contributed by atoms with Crippen LogP contribution in [0.25, 0.3) is 11.1 Å². The number of nitriles is 1. The molecule has 2 aliphatic rings. The summed E-state index contributed by atoms with van der Waals surface area (Å²) in [5.41, 5.74) is 9.36. The topological polar surface area (TPSA) is 75.2 Å². The van der Waals surface area contributed by atoms with E-state index in [4.69, 9.17) is 22.1 Å². The zero-order chi connectivity index (χ0) is 18.6. The Labute approximate surface area is 156 Å². The molecule has 1 fully saturated rings. The Morgan fingerprint density at radius 3 is 2.85 bits per heavy atom. The summed E-state index contributed by atoms with van der Waals surface area (Å²) in [5.74, 6) is -0.406. The molecule has 0 spiro atoms. The maximum atomic E-state index is 14.5. The first-order valence-electron chi connectivity index (χ1n) is 8.44. The predicted octanol–water partition coefficient (Wildman–Crippen LogP) is 3.69. The monoisotopic (exact) mass is 372 g/mol. The van der Waals surface area contributed by atoms with E-state index in [9.17, 15) is 9.65 Å². The molecule has 0 saturated carbocycles. The number of fused-ring (bicyclic) bond motifs is 4. The van der Waals surface area contributed by atoms with E-state index in [-0.39, 0.29) is 28.2 Å². The summed E-state index contributed by atoms with van der Waals surface area (Å²) in [4.78, 5) is 6.81. The molecular weight excluding hydrogens is 355 g/mol. The number of likely N-dealkylation sites (N-methyl/N-ethyl adjacent to an activating group) is 1. The second-order valence-corrected chi connectivity index (χ2v) is 7.22. The van der Waals surface area contributed by atoms with Crippen molar-refractivity contribution in [1.29, 1.82) is 5.26 Å². The van der Waals surface area contributed by atoms with Gasteiger partial charge in [-0.25, -0.2) is 9.37 Å².